The van der Waals surface area contributed by atoms with Gasteiger partial charge in [0.1, 0.15) is 11.9 Å². The first kappa shape index (κ1) is 15.2. The third kappa shape index (κ3) is 3.20. The summed E-state index contributed by atoms with van der Waals surface area (Å²) in [4.78, 5) is 0. The first-order valence-electron chi connectivity index (χ1n) is 6.78. The maximum atomic E-state index is 12.9. The van der Waals surface area contributed by atoms with Crippen molar-refractivity contribution < 1.29 is 17.9 Å². The molecule has 0 unspecified atom stereocenters. The number of alkyl halides is 3. The van der Waals surface area contributed by atoms with Crippen LogP contribution in [0.25, 0.3) is 11.1 Å². The average Bonchev–Trinajstić information content (AvgIpc) is 2.42. The molecule has 0 saturated carbocycles. The van der Waals surface area contributed by atoms with Gasteiger partial charge in [0.2, 0.25) is 0 Å². The van der Waals surface area contributed by atoms with Gasteiger partial charge in [0.05, 0.1) is 5.56 Å². The van der Waals surface area contributed by atoms with E-state index in [1.807, 2.05) is 0 Å². The third-order valence-corrected chi connectivity index (χ3v) is 3.72. The first-order valence-corrected chi connectivity index (χ1v) is 7.16. The quantitative estimate of drug-likeness (QED) is 0.903. The van der Waals surface area contributed by atoms with E-state index < -0.39 is 11.7 Å². The number of halogens is 4. The number of rotatable bonds is 3. The van der Waals surface area contributed by atoms with E-state index in [9.17, 15) is 13.2 Å². The summed E-state index contributed by atoms with van der Waals surface area (Å²) in [6.07, 6.45) is -4.36. The van der Waals surface area contributed by atoms with E-state index in [1.54, 1.807) is 24.3 Å². The molecule has 1 N–H and O–H groups in total. The standard InChI is InChI=1S/C16H13ClF3NO/c17-12-4-5-14(15(7-12)22-13-8-21-9-13)10-2-1-3-11(6-10)16(18,19)20/h1-7,13,21H,8-9H2. The molecule has 1 aliphatic rings. The number of hydrogen-bond donors (Lipinski definition) is 1. The van der Waals surface area contributed by atoms with Gasteiger partial charge in [-0.3, -0.25) is 0 Å². The zero-order valence-electron chi connectivity index (χ0n) is 11.5. The summed E-state index contributed by atoms with van der Waals surface area (Å²) in [5.74, 6) is 0.498. The van der Waals surface area contributed by atoms with Crippen LogP contribution < -0.4 is 10.1 Å². The molecule has 1 heterocycles. The Kier molecular flexibility index (Phi) is 4.02. The molecule has 1 fully saturated rings. The number of ether oxygens (including phenoxy) is 1. The Bertz CT molecular complexity index is 683. The lowest BCUT2D eigenvalue weighted by molar-refractivity contribution is -0.137. The van der Waals surface area contributed by atoms with Crippen LogP contribution in [0.3, 0.4) is 0 Å². The maximum Gasteiger partial charge on any atom is 0.416 e. The highest BCUT2D eigenvalue weighted by Gasteiger charge is 2.30. The molecule has 2 nitrogen and oxygen atoms in total. The second-order valence-electron chi connectivity index (χ2n) is 5.12. The zero-order chi connectivity index (χ0) is 15.7. The minimum Gasteiger partial charge on any atom is -0.487 e. The van der Waals surface area contributed by atoms with Crippen molar-refractivity contribution in [1.82, 2.24) is 5.32 Å². The molecule has 0 spiro atoms. The lowest BCUT2D eigenvalue weighted by Crippen LogP contribution is -2.50. The van der Waals surface area contributed by atoms with Gasteiger partial charge < -0.3 is 10.1 Å². The molecule has 0 bridgehead atoms. The van der Waals surface area contributed by atoms with Crippen molar-refractivity contribution in [3.8, 4) is 16.9 Å². The molecule has 0 atom stereocenters. The van der Waals surface area contributed by atoms with Gasteiger partial charge in [-0.2, -0.15) is 13.2 Å². The molecule has 0 amide bonds. The van der Waals surface area contributed by atoms with Gasteiger partial charge in [0, 0.05) is 23.7 Å². The summed E-state index contributed by atoms with van der Waals surface area (Å²) in [6.45, 7) is 1.43. The van der Waals surface area contributed by atoms with Gasteiger partial charge in [-0.1, -0.05) is 23.7 Å². The van der Waals surface area contributed by atoms with Gasteiger partial charge in [0.25, 0.3) is 0 Å². The molecular formula is C16H13ClF3NO. The molecule has 0 radical (unpaired) electrons. The van der Waals surface area contributed by atoms with Crippen LogP contribution in [0.4, 0.5) is 13.2 Å². The van der Waals surface area contributed by atoms with Crippen LogP contribution in [0.15, 0.2) is 42.5 Å². The number of hydrogen-bond acceptors (Lipinski definition) is 2. The molecular weight excluding hydrogens is 315 g/mol. The summed E-state index contributed by atoms with van der Waals surface area (Å²) < 4.78 is 44.4. The largest absolute Gasteiger partial charge is 0.487 e. The van der Waals surface area contributed by atoms with Crippen LogP contribution >= 0.6 is 11.6 Å². The predicted octanol–water partition coefficient (Wildman–Crippen LogP) is 4.38. The van der Waals surface area contributed by atoms with E-state index in [-0.39, 0.29) is 6.10 Å². The Balaban J connectivity index is 2.00. The summed E-state index contributed by atoms with van der Waals surface area (Å²) in [6, 6.07) is 10.1. The fourth-order valence-corrected chi connectivity index (χ4v) is 2.38. The highest BCUT2D eigenvalue weighted by Crippen LogP contribution is 2.37. The number of nitrogens with one attached hydrogen (secondary N) is 1. The highest BCUT2D eigenvalue weighted by molar-refractivity contribution is 6.30. The Morgan fingerprint density at radius 3 is 2.50 bits per heavy atom. The van der Waals surface area contributed by atoms with Crippen LogP contribution in [0, 0.1) is 0 Å². The second kappa shape index (κ2) is 5.82. The molecule has 1 saturated heterocycles. The Hall–Kier alpha value is -1.72. The monoisotopic (exact) mass is 327 g/mol. The van der Waals surface area contributed by atoms with Crippen LogP contribution in [-0.4, -0.2) is 19.2 Å². The van der Waals surface area contributed by atoms with E-state index in [2.05, 4.69) is 5.32 Å². The topological polar surface area (TPSA) is 21.3 Å². The van der Waals surface area contributed by atoms with Gasteiger partial charge >= 0.3 is 6.18 Å². The zero-order valence-corrected chi connectivity index (χ0v) is 12.2. The van der Waals surface area contributed by atoms with Crippen LogP contribution in [0.1, 0.15) is 5.56 Å². The van der Waals surface area contributed by atoms with E-state index >= 15 is 0 Å². The van der Waals surface area contributed by atoms with E-state index in [4.69, 9.17) is 16.3 Å². The Morgan fingerprint density at radius 2 is 1.86 bits per heavy atom. The Labute approximate surface area is 130 Å². The van der Waals surface area contributed by atoms with Crippen molar-refractivity contribution >= 4 is 11.6 Å². The van der Waals surface area contributed by atoms with Crippen LogP contribution in [0.5, 0.6) is 5.75 Å². The van der Waals surface area contributed by atoms with E-state index in [1.165, 1.54) is 6.07 Å². The molecule has 22 heavy (non-hydrogen) atoms. The van der Waals surface area contributed by atoms with Gasteiger partial charge in [0.15, 0.2) is 0 Å². The van der Waals surface area contributed by atoms with E-state index in [0.29, 0.717) is 35.0 Å². The molecule has 3 rings (SSSR count). The van der Waals surface area contributed by atoms with Crippen molar-refractivity contribution in [2.45, 2.75) is 12.3 Å². The summed E-state index contributed by atoms with van der Waals surface area (Å²) in [5.41, 5.74) is 0.368. The maximum absolute atomic E-state index is 12.9. The van der Waals surface area contributed by atoms with Crippen LogP contribution in [0.2, 0.25) is 5.02 Å². The smallest absolute Gasteiger partial charge is 0.416 e. The van der Waals surface area contributed by atoms with Gasteiger partial charge in [-0.05, 0) is 35.9 Å². The van der Waals surface area contributed by atoms with E-state index in [0.717, 1.165) is 12.1 Å². The van der Waals surface area contributed by atoms with Gasteiger partial charge in [-0.25, -0.2) is 0 Å². The second-order valence-corrected chi connectivity index (χ2v) is 5.55. The van der Waals surface area contributed by atoms with Crippen molar-refractivity contribution in [1.29, 1.82) is 0 Å². The van der Waals surface area contributed by atoms with Crippen molar-refractivity contribution in [3.63, 3.8) is 0 Å². The fourth-order valence-electron chi connectivity index (χ4n) is 2.22. The fraction of sp³-hybridized carbons (Fsp3) is 0.250. The predicted molar refractivity (Wildman–Crippen MR) is 79.2 cm³/mol. The molecule has 2 aromatic rings. The summed E-state index contributed by atoms with van der Waals surface area (Å²) in [5, 5.41) is 3.56. The molecule has 1 aliphatic heterocycles. The number of benzene rings is 2. The first-order chi connectivity index (χ1) is 10.4. The lowest BCUT2D eigenvalue weighted by Gasteiger charge is -2.29. The third-order valence-electron chi connectivity index (χ3n) is 3.48. The molecule has 6 heteroatoms. The van der Waals surface area contributed by atoms with Crippen molar-refractivity contribution in [3.05, 3.63) is 53.1 Å². The molecule has 116 valence electrons. The van der Waals surface area contributed by atoms with Gasteiger partial charge in [-0.15, -0.1) is 0 Å². The normalized spacial score (nSPS) is 15.5. The average molecular weight is 328 g/mol. The van der Waals surface area contributed by atoms with Crippen molar-refractivity contribution in [2.75, 3.05) is 13.1 Å². The molecule has 0 aromatic heterocycles. The summed E-state index contributed by atoms with van der Waals surface area (Å²) >= 11 is 5.98. The molecule has 2 aromatic carbocycles. The highest BCUT2D eigenvalue weighted by atomic mass is 35.5. The minimum absolute atomic E-state index is 0.0167. The lowest BCUT2D eigenvalue weighted by atomic mass is 10.0. The Morgan fingerprint density at radius 1 is 1.09 bits per heavy atom. The minimum atomic E-state index is -4.37. The van der Waals surface area contributed by atoms with Crippen molar-refractivity contribution in [2.24, 2.45) is 0 Å². The summed E-state index contributed by atoms with van der Waals surface area (Å²) in [7, 11) is 0. The SMILES string of the molecule is FC(F)(F)c1cccc(-c2ccc(Cl)cc2OC2CNC2)c1. The molecule has 0 aliphatic carbocycles. The van der Waals surface area contributed by atoms with Crippen LogP contribution in [-0.2, 0) is 6.18 Å².